The Morgan fingerprint density at radius 2 is 1.85 bits per heavy atom. The van der Waals surface area contributed by atoms with Crippen LogP contribution in [0, 0.1) is 0 Å². The summed E-state index contributed by atoms with van der Waals surface area (Å²) in [6.45, 7) is 9.89. The summed E-state index contributed by atoms with van der Waals surface area (Å²) in [4.78, 5) is 19.3. The molecule has 3 N–H and O–H groups in total. The number of carbonyl (C=O) groups is 1. The first-order valence-electron chi connectivity index (χ1n) is 12.3. The molecule has 3 rings (SSSR count). The summed E-state index contributed by atoms with van der Waals surface area (Å²) in [5.41, 5.74) is 3.28. The van der Waals surface area contributed by atoms with Gasteiger partial charge in [-0.15, -0.1) is 24.0 Å². The molecule has 6 nitrogen and oxygen atoms in total. The van der Waals surface area contributed by atoms with E-state index in [4.69, 9.17) is 4.99 Å². The van der Waals surface area contributed by atoms with Gasteiger partial charge in [-0.05, 0) is 56.4 Å². The van der Waals surface area contributed by atoms with Crippen LogP contribution in [0.4, 0.5) is 5.69 Å². The predicted molar refractivity (Wildman–Crippen MR) is 153 cm³/mol. The highest BCUT2D eigenvalue weighted by molar-refractivity contribution is 14.0. The van der Waals surface area contributed by atoms with Crippen LogP contribution < -0.4 is 16.0 Å². The zero-order chi connectivity index (χ0) is 23.5. The molecule has 7 heteroatoms. The SMILES string of the molecule is CCCC(=O)Nc1cccc(CN=C(NCC)NC2CCN(Cc3ccccc3)C(C)C2)c1.I. The van der Waals surface area contributed by atoms with Crippen molar-refractivity contribution in [2.75, 3.05) is 18.4 Å². The van der Waals surface area contributed by atoms with E-state index in [0.717, 1.165) is 56.1 Å². The molecule has 1 fully saturated rings. The van der Waals surface area contributed by atoms with Crippen molar-refractivity contribution in [3.8, 4) is 0 Å². The molecule has 1 aliphatic rings. The maximum absolute atomic E-state index is 11.9. The van der Waals surface area contributed by atoms with Gasteiger partial charge in [-0.3, -0.25) is 9.69 Å². The Kier molecular flexibility index (Phi) is 12.4. The third kappa shape index (κ3) is 9.25. The number of likely N-dealkylation sites (tertiary alicyclic amines) is 1. The van der Waals surface area contributed by atoms with Gasteiger partial charge in [0.2, 0.25) is 5.91 Å². The minimum atomic E-state index is 0. The smallest absolute Gasteiger partial charge is 0.224 e. The molecule has 1 heterocycles. The fraction of sp³-hybridized carbons (Fsp3) is 0.481. The summed E-state index contributed by atoms with van der Waals surface area (Å²) in [5.74, 6) is 0.910. The number of hydrogen-bond acceptors (Lipinski definition) is 3. The molecule has 0 saturated carbocycles. The minimum Gasteiger partial charge on any atom is -0.357 e. The molecule has 0 spiro atoms. The second-order valence-corrected chi connectivity index (χ2v) is 8.86. The number of rotatable bonds is 9. The first-order valence-corrected chi connectivity index (χ1v) is 12.3. The van der Waals surface area contributed by atoms with E-state index < -0.39 is 0 Å². The quantitative estimate of drug-likeness (QED) is 0.219. The van der Waals surface area contributed by atoms with Gasteiger partial charge >= 0.3 is 0 Å². The molecule has 0 radical (unpaired) electrons. The number of hydrogen-bond donors (Lipinski definition) is 3. The van der Waals surface area contributed by atoms with Crippen LogP contribution in [0.25, 0.3) is 0 Å². The lowest BCUT2D eigenvalue weighted by molar-refractivity contribution is -0.116. The molecule has 0 aliphatic carbocycles. The monoisotopic (exact) mass is 577 g/mol. The standard InChI is InChI=1S/C27H39N5O.HI/c1-4-10-26(33)30-24-14-9-13-23(18-24)19-29-27(28-5-2)31-25-15-16-32(21(3)17-25)20-22-11-7-6-8-12-22;/h6-9,11-14,18,21,25H,4-5,10,15-17,19-20H2,1-3H3,(H,30,33)(H2,28,29,31);1H. The number of guanidine groups is 1. The largest absolute Gasteiger partial charge is 0.357 e. The highest BCUT2D eigenvalue weighted by atomic mass is 127. The number of anilines is 1. The number of nitrogens with zero attached hydrogens (tertiary/aromatic N) is 2. The van der Waals surface area contributed by atoms with Crippen LogP contribution >= 0.6 is 24.0 Å². The summed E-state index contributed by atoms with van der Waals surface area (Å²) >= 11 is 0. The van der Waals surface area contributed by atoms with Gasteiger partial charge in [0.15, 0.2) is 5.96 Å². The van der Waals surface area contributed by atoms with Gasteiger partial charge in [-0.25, -0.2) is 4.99 Å². The van der Waals surface area contributed by atoms with E-state index in [-0.39, 0.29) is 29.9 Å². The molecule has 1 amide bonds. The van der Waals surface area contributed by atoms with Crippen LogP contribution in [0.5, 0.6) is 0 Å². The number of benzene rings is 2. The Hall–Kier alpha value is -2.13. The minimum absolute atomic E-state index is 0. The van der Waals surface area contributed by atoms with Gasteiger partial charge in [0.05, 0.1) is 6.54 Å². The Labute approximate surface area is 222 Å². The summed E-state index contributed by atoms with van der Waals surface area (Å²) in [5, 5.41) is 10.00. The third-order valence-corrected chi connectivity index (χ3v) is 6.03. The molecule has 0 aromatic heterocycles. The topological polar surface area (TPSA) is 68.8 Å². The van der Waals surface area contributed by atoms with Crippen LogP contribution in [0.3, 0.4) is 0 Å². The van der Waals surface area contributed by atoms with Crippen LogP contribution in [0.2, 0.25) is 0 Å². The lowest BCUT2D eigenvalue weighted by Crippen LogP contribution is -2.51. The zero-order valence-electron chi connectivity index (χ0n) is 20.7. The molecule has 34 heavy (non-hydrogen) atoms. The second-order valence-electron chi connectivity index (χ2n) is 8.86. The van der Waals surface area contributed by atoms with Crippen molar-refractivity contribution in [1.82, 2.24) is 15.5 Å². The van der Waals surface area contributed by atoms with Gasteiger partial charge in [0.25, 0.3) is 0 Å². The highest BCUT2D eigenvalue weighted by Crippen LogP contribution is 2.20. The Balaban J connectivity index is 0.00000408. The summed E-state index contributed by atoms with van der Waals surface area (Å²) in [7, 11) is 0. The molecule has 2 atom stereocenters. The molecule has 0 bridgehead atoms. The van der Waals surface area contributed by atoms with Crippen molar-refractivity contribution in [2.45, 2.75) is 71.6 Å². The summed E-state index contributed by atoms with van der Waals surface area (Å²) < 4.78 is 0. The average Bonchev–Trinajstić information content (AvgIpc) is 2.80. The molecular weight excluding hydrogens is 537 g/mol. The van der Waals surface area contributed by atoms with Gasteiger partial charge in [-0.2, -0.15) is 0 Å². The van der Waals surface area contributed by atoms with Crippen LogP contribution in [0.1, 0.15) is 57.6 Å². The number of carbonyl (C=O) groups excluding carboxylic acids is 1. The van der Waals surface area contributed by atoms with E-state index >= 15 is 0 Å². The molecule has 2 aromatic carbocycles. The van der Waals surface area contributed by atoms with E-state index in [9.17, 15) is 4.79 Å². The Morgan fingerprint density at radius 3 is 2.56 bits per heavy atom. The fourth-order valence-electron chi connectivity index (χ4n) is 4.29. The van der Waals surface area contributed by atoms with Crippen molar-refractivity contribution >= 4 is 41.5 Å². The molecule has 186 valence electrons. The zero-order valence-corrected chi connectivity index (χ0v) is 23.0. The molecule has 2 aromatic rings. The normalized spacial score (nSPS) is 18.6. The highest BCUT2D eigenvalue weighted by Gasteiger charge is 2.25. The van der Waals surface area contributed by atoms with Gasteiger partial charge in [0, 0.05) is 43.8 Å². The van der Waals surface area contributed by atoms with E-state index in [1.54, 1.807) is 0 Å². The van der Waals surface area contributed by atoms with Crippen molar-refractivity contribution in [3.63, 3.8) is 0 Å². The fourth-order valence-corrected chi connectivity index (χ4v) is 4.29. The van der Waals surface area contributed by atoms with E-state index in [2.05, 4.69) is 65.0 Å². The van der Waals surface area contributed by atoms with Crippen molar-refractivity contribution < 1.29 is 4.79 Å². The van der Waals surface area contributed by atoms with Gasteiger partial charge in [-0.1, -0.05) is 49.4 Å². The van der Waals surface area contributed by atoms with Crippen LogP contribution in [-0.4, -0.2) is 41.9 Å². The maximum Gasteiger partial charge on any atom is 0.224 e. The number of aliphatic imine (C=N–C) groups is 1. The van der Waals surface area contributed by atoms with Crippen LogP contribution in [0.15, 0.2) is 59.6 Å². The van der Waals surface area contributed by atoms with E-state index in [0.29, 0.717) is 25.0 Å². The molecule has 1 saturated heterocycles. The van der Waals surface area contributed by atoms with Gasteiger partial charge < -0.3 is 16.0 Å². The first kappa shape index (κ1) is 28.1. The van der Waals surface area contributed by atoms with Gasteiger partial charge in [0.1, 0.15) is 0 Å². The third-order valence-electron chi connectivity index (χ3n) is 6.03. The number of amides is 1. The Morgan fingerprint density at radius 1 is 1.09 bits per heavy atom. The molecular formula is C27H40IN5O. The maximum atomic E-state index is 11.9. The predicted octanol–water partition coefficient (Wildman–Crippen LogP) is 5.15. The van der Waals surface area contributed by atoms with Crippen molar-refractivity contribution in [2.24, 2.45) is 4.99 Å². The van der Waals surface area contributed by atoms with Crippen molar-refractivity contribution in [1.29, 1.82) is 0 Å². The van der Waals surface area contributed by atoms with Crippen molar-refractivity contribution in [3.05, 3.63) is 65.7 Å². The Bertz CT molecular complexity index is 905. The van der Waals surface area contributed by atoms with E-state index in [1.165, 1.54) is 5.56 Å². The molecule has 2 unspecified atom stereocenters. The molecule has 1 aliphatic heterocycles. The second kappa shape index (κ2) is 15.0. The first-order chi connectivity index (χ1) is 16.1. The number of nitrogens with one attached hydrogen (secondary N) is 3. The van der Waals surface area contributed by atoms with E-state index in [1.807, 2.05) is 31.2 Å². The summed E-state index contributed by atoms with van der Waals surface area (Å²) in [6, 6.07) is 19.6. The summed E-state index contributed by atoms with van der Waals surface area (Å²) in [6.07, 6.45) is 3.58. The lowest BCUT2D eigenvalue weighted by atomic mass is 9.97. The average molecular weight is 578 g/mol. The lowest BCUT2D eigenvalue weighted by Gasteiger charge is -2.38. The number of halogens is 1. The number of piperidine rings is 1. The van der Waals surface area contributed by atoms with Crippen LogP contribution in [-0.2, 0) is 17.9 Å².